The third-order valence-corrected chi connectivity index (χ3v) is 5.59. The van der Waals surface area contributed by atoms with Gasteiger partial charge in [0.2, 0.25) is 0 Å². The third kappa shape index (κ3) is 5.02. The Hall–Kier alpha value is -4.66. The van der Waals surface area contributed by atoms with E-state index in [2.05, 4.69) is 0 Å². The zero-order chi connectivity index (χ0) is 26.9. The van der Waals surface area contributed by atoms with Crippen LogP contribution < -0.4 is 4.74 Å². The summed E-state index contributed by atoms with van der Waals surface area (Å²) in [6.45, 7) is -0.565. The standard InChI is InChI=1S/C26H17F3N2O6/c27-26(28,29)21-7-6-18(9-15(21)11-30)37-17-4-2-16(3-5-17)31-12-20(24(34)25(35)36)19-10-14(23(33)13-32)1-8-22(19)31/h1-10,12,23,32-33H,13H2,(H,35,36)/t23-/m0/s1. The number of hydrogen-bond donors (Lipinski definition) is 3. The molecule has 0 amide bonds. The normalized spacial score (nSPS) is 12.2. The van der Waals surface area contributed by atoms with Crippen LogP contribution in [-0.2, 0) is 11.0 Å². The van der Waals surface area contributed by atoms with Crippen LogP contribution in [0.4, 0.5) is 13.2 Å². The van der Waals surface area contributed by atoms with Crippen molar-refractivity contribution in [2.75, 3.05) is 6.61 Å². The Kier molecular flexibility index (Phi) is 6.72. The van der Waals surface area contributed by atoms with E-state index >= 15 is 0 Å². The van der Waals surface area contributed by atoms with Gasteiger partial charge in [0.25, 0.3) is 5.78 Å². The SMILES string of the molecule is N#Cc1cc(Oc2ccc(-n3cc(C(=O)C(=O)O)c4cc([C@@H](O)CO)ccc43)cc2)ccc1C(F)(F)F. The first-order chi connectivity index (χ1) is 17.5. The minimum Gasteiger partial charge on any atom is -0.475 e. The van der Waals surface area contributed by atoms with Gasteiger partial charge in [-0.05, 0) is 60.2 Å². The maximum Gasteiger partial charge on any atom is 0.417 e. The number of hydrogen-bond acceptors (Lipinski definition) is 6. The number of halogens is 3. The van der Waals surface area contributed by atoms with E-state index in [0.29, 0.717) is 16.8 Å². The van der Waals surface area contributed by atoms with Gasteiger partial charge in [-0.3, -0.25) is 4.79 Å². The van der Waals surface area contributed by atoms with E-state index in [4.69, 9.17) is 10.00 Å². The summed E-state index contributed by atoms with van der Waals surface area (Å²) in [5, 5.41) is 37.7. The van der Waals surface area contributed by atoms with Crippen LogP contribution in [-0.4, -0.2) is 38.2 Å². The average molecular weight is 510 g/mol. The molecule has 1 atom stereocenters. The number of alkyl halides is 3. The van der Waals surface area contributed by atoms with Gasteiger partial charge in [0, 0.05) is 17.3 Å². The van der Waals surface area contributed by atoms with Gasteiger partial charge in [-0.15, -0.1) is 0 Å². The molecule has 8 nitrogen and oxygen atoms in total. The zero-order valence-corrected chi connectivity index (χ0v) is 18.7. The molecule has 0 saturated heterocycles. The number of ketones is 1. The van der Waals surface area contributed by atoms with Crippen molar-refractivity contribution in [3.05, 3.63) is 89.1 Å². The van der Waals surface area contributed by atoms with Crippen molar-refractivity contribution >= 4 is 22.7 Å². The van der Waals surface area contributed by atoms with Crippen LogP contribution in [0.1, 0.15) is 33.2 Å². The number of ether oxygens (including phenoxy) is 1. The smallest absolute Gasteiger partial charge is 0.417 e. The Morgan fingerprint density at radius 2 is 1.70 bits per heavy atom. The van der Waals surface area contributed by atoms with Gasteiger partial charge in [-0.1, -0.05) is 6.07 Å². The number of aromatic nitrogens is 1. The van der Waals surface area contributed by atoms with Gasteiger partial charge in [0.15, 0.2) is 0 Å². The zero-order valence-electron chi connectivity index (χ0n) is 18.7. The quantitative estimate of drug-likeness (QED) is 0.244. The molecule has 0 bridgehead atoms. The molecule has 37 heavy (non-hydrogen) atoms. The molecule has 0 spiro atoms. The van der Waals surface area contributed by atoms with Gasteiger partial charge < -0.3 is 24.6 Å². The summed E-state index contributed by atoms with van der Waals surface area (Å²) in [5.74, 6) is -2.55. The first-order valence-electron chi connectivity index (χ1n) is 10.6. The molecular weight excluding hydrogens is 493 g/mol. The molecule has 3 N–H and O–H groups in total. The lowest BCUT2D eigenvalue weighted by Crippen LogP contribution is -2.12. The number of aliphatic hydroxyl groups is 2. The molecule has 0 fully saturated rings. The second kappa shape index (κ2) is 9.77. The van der Waals surface area contributed by atoms with Crippen LogP contribution in [0.25, 0.3) is 16.6 Å². The van der Waals surface area contributed by atoms with Crippen molar-refractivity contribution in [3.8, 4) is 23.3 Å². The summed E-state index contributed by atoms with van der Waals surface area (Å²) >= 11 is 0. The van der Waals surface area contributed by atoms with E-state index in [1.165, 1.54) is 36.5 Å². The van der Waals surface area contributed by atoms with E-state index in [-0.39, 0.29) is 22.4 Å². The van der Waals surface area contributed by atoms with Crippen LogP contribution in [0, 0.1) is 11.3 Å². The molecule has 0 aliphatic rings. The molecule has 0 saturated carbocycles. The fourth-order valence-corrected chi connectivity index (χ4v) is 3.81. The predicted molar refractivity (Wildman–Crippen MR) is 124 cm³/mol. The lowest BCUT2D eigenvalue weighted by molar-refractivity contribution is -0.137. The molecule has 1 aromatic heterocycles. The Balaban J connectivity index is 1.69. The highest BCUT2D eigenvalue weighted by atomic mass is 19.4. The molecule has 0 radical (unpaired) electrons. The molecule has 4 rings (SSSR count). The third-order valence-electron chi connectivity index (χ3n) is 5.59. The number of Topliss-reactive ketones (excluding diaryl/α,β-unsaturated/α-hetero) is 1. The molecule has 11 heteroatoms. The summed E-state index contributed by atoms with van der Waals surface area (Å²) in [6.07, 6.45) is -4.56. The van der Waals surface area contributed by atoms with Gasteiger partial charge in [-0.25, -0.2) is 4.79 Å². The Morgan fingerprint density at radius 3 is 2.30 bits per heavy atom. The van der Waals surface area contributed by atoms with E-state index < -0.39 is 41.8 Å². The summed E-state index contributed by atoms with van der Waals surface area (Å²) < 4.78 is 46.2. The summed E-state index contributed by atoms with van der Waals surface area (Å²) in [6, 6.07) is 15.0. The minimum atomic E-state index is -4.68. The van der Waals surface area contributed by atoms with Gasteiger partial charge >= 0.3 is 12.1 Å². The summed E-state index contributed by atoms with van der Waals surface area (Å²) in [7, 11) is 0. The summed E-state index contributed by atoms with van der Waals surface area (Å²) in [4.78, 5) is 23.7. The fraction of sp³-hybridized carbons (Fsp3) is 0.115. The topological polar surface area (TPSA) is 133 Å². The highest BCUT2D eigenvalue weighted by Gasteiger charge is 2.33. The second-order valence-electron chi connectivity index (χ2n) is 7.93. The number of benzene rings is 3. The van der Waals surface area contributed by atoms with Crippen LogP contribution >= 0.6 is 0 Å². The minimum absolute atomic E-state index is 0.0213. The van der Waals surface area contributed by atoms with E-state index in [1.807, 2.05) is 0 Å². The van der Waals surface area contributed by atoms with Crippen LogP contribution in [0.3, 0.4) is 0 Å². The van der Waals surface area contributed by atoms with Crippen molar-refractivity contribution in [2.45, 2.75) is 12.3 Å². The highest BCUT2D eigenvalue weighted by molar-refractivity contribution is 6.42. The molecule has 1 heterocycles. The average Bonchev–Trinajstić information content (AvgIpc) is 3.26. The number of carbonyl (C=O) groups is 2. The number of rotatable bonds is 7. The Morgan fingerprint density at radius 1 is 1.03 bits per heavy atom. The van der Waals surface area contributed by atoms with Crippen molar-refractivity contribution in [2.24, 2.45) is 0 Å². The lowest BCUT2D eigenvalue weighted by atomic mass is 10.0. The number of nitriles is 1. The predicted octanol–water partition coefficient (Wildman–Crippen LogP) is 4.61. The van der Waals surface area contributed by atoms with Crippen LogP contribution in [0.15, 0.2) is 66.9 Å². The molecule has 0 aliphatic carbocycles. The Labute approximate surface area is 207 Å². The van der Waals surface area contributed by atoms with Crippen molar-refractivity contribution in [1.82, 2.24) is 4.57 Å². The number of carboxylic acid groups (broad SMARTS) is 1. The highest BCUT2D eigenvalue weighted by Crippen LogP contribution is 2.35. The van der Waals surface area contributed by atoms with Crippen molar-refractivity contribution in [3.63, 3.8) is 0 Å². The first kappa shape index (κ1) is 25.4. The molecule has 3 aromatic carbocycles. The largest absolute Gasteiger partial charge is 0.475 e. The number of aliphatic hydroxyl groups excluding tert-OH is 2. The van der Waals surface area contributed by atoms with Crippen LogP contribution in [0.5, 0.6) is 11.5 Å². The number of carbonyl (C=O) groups excluding carboxylic acids is 1. The molecule has 0 unspecified atom stereocenters. The molecule has 4 aromatic rings. The second-order valence-corrected chi connectivity index (χ2v) is 7.93. The number of fused-ring (bicyclic) bond motifs is 1. The van der Waals surface area contributed by atoms with Gasteiger partial charge in [-0.2, -0.15) is 18.4 Å². The summed E-state index contributed by atoms with van der Waals surface area (Å²) in [5.41, 5.74) is -0.524. The van der Waals surface area contributed by atoms with Gasteiger partial charge in [0.05, 0.1) is 34.9 Å². The van der Waals surface area contributed by atoms with Crippen LogP contribution in [0.2, 0.25) is 0 Å². The number of aliphatic carboxylic acids is 1. The maximum absolute atomic E-state index is 13.0. The van der Waals surface area contributed by atoms with E-state index in [9.17, 15) is 38.1 Å². The number of nitrogens with zero attached hydrogens (tertiary/aromatic N) is 2. The first-order valence-corrected chi connectivity index (χ1v) is 10.6. The van der Waals surface area contributed by atoms with Gasteiger partial charge in [0.1, 0.15) is 17.6 Å². The van der Waals surface area contributed by atoms with Crippen molar-refractivity contribution < 1.29 is 42.8 Å². The maximum atomic E-state index is 13.0. The monoisotopic (exact) mass is 510 g/mol. The van der Waals surface area contributed by atoms with E-state index in [1.54, 1.807) is 22.8 Å². The molecule has 0 aliphatic heterocycles. The number of carboxylic acids is 1. The Bertz CT molecular complexity index is 1550. The van der Waals surface area contributed by atoms with Crippen molar-refractivity contribution in [1.29, 1.82) is 5.26 Å². The lowest BCUT2D eigenvalue weighted by Gasteiger charge is -2.12. The fourth-order valence-electron chi connectivity index (χ4n) is 3.81. The van der Waals surface area contributed by atoms with E-state index in [0.717, 1.165) is 18.2 Å². The molecule has 188 valence electrons. The molecular formula is C26H17F3N2O6.